The fourth-order valence-electron chi connectivity index (χ4n) is 3.70. The van der Waals surface area contributed by atoms with Crippen molar-refractivity contribution in [3.63, 3.8) is 0 Å². The van der Waals surface area contributed by atoms with Crippen molar-refractivity contribution in [1.29, 1.82) is 0 Å². The highest BCUT2D eigenvalue weighted by Crippen LogP contribution is 2.25. The lowest BCUT2D eigenvalue weighted by Crippen LogP contribution is -2.42. The minimum Gasteiger partial charge on any atom is -0.483 e. The van der Waals surface area contributed by atoms with Gasteiger partial charge in [0.15, 0.2) is 11.9 Å². The van der Waals surface area contributed by atoms with E-state index in [0.717, 1.165) is 48.9 Å². The van der Waals surface area contributed by atoms with Crippen molar-refractivity contribution in [3.05, 3.63) is 60.4 Å². The van der Waals surface area contributed by atoms with Gasteiger partial charge in [0.1, 0.15) is 5.75 Å². The van der Waals surface area contributed by atoms with Gasteiger partial charge in [0, 0.05) is 19.6 Å². The number of para-hydroxylation sites is 3. The molecule has 2 aromatic carbocycles. The Morgan fingerprint density at radius 1 is 1.04 bits per heavy atom. The number of aromatic nitrogens is 2. The second-order valence-corrected chi connectivity index (χ2v) is 7.21. The number of imidazole rings is 1. The number of nitrogens with zero attached hydrogens (tertiary/aromatic N) is 3. The highest BCUT2D eigenvalue weighted by atomic mass is 16.5. The second-order valence-electron chi connectivity index (χ2n) is 7.21. The number of aliphatic hydroxyl groups is 1. The third-order valence-corrected chi connectivity index (χ3v) is 5.07. The standard InChI is InChI=1S/C22H27N3O3/c1-17(28-19-7-3-2-4-8-19)22-23-20-9-5-6-10-21(20)25(22)16-18(26)15-24-11-13-27-14-12-24/h2-10,17-18,26H,11-16H2,1H3/t17-,18-/m0/s1. The molecule has 1 aromatic heterocycles. The molecule has 0 bridgehead atoms. The summed E-state index contributed by atoms with van der Waals surface area (Å²) < 4.78 is 13.6. The molecule has 0 aliphatic carbocycles. The summed E-state index contributed by atoms with van der Waals surface area (Å²) in [5.41, 5.74) is 1.93. The van der Waals surface area contributed by atoms with Gasteiger partial charge < -0.3 is 19.1 Å². The van der Waals surface area contributed by atoms with Crippen molar-refractivity contribution < 1.29 is 14.6 Å². The van der Waals surface area contributed by atoms with Gasteiger partial charge in [0.2, 0.25) is 0 Å². The lowest BCUT2D eigenvalue weighted by molar-refractivity contribution is 0.0113. The van der Waals surface area contributed by atoms with E-state index >= 15 is 0 Å². The lowest BCUT2D eigenvalue weighted by Gasteiger charge is -2.29. The highest BCUT2D eigenvalue weighted by Gasteiger charge is 2.21. The minimum absolute atomic E-state index is 0.231. The molecule has 0 spiro atoms. The van der Waals surface area contributed by atoms with Gasteiger partial charge in [-0.3, -0.25) is 4.90 Å². The smallest absolute Gasteiger partial charge is 0.153 e. The molecule has 0 radical (unpaired) electrons. The molecule has 1 saturated heterocycles. The zero-order chi connectivity index (χ0) is 19.3. The quantitative estimate of drug-likeness (QED) is 0.682. The monoisotopic (exact) mass is 381 g/mol. The summed E-state index contributed by atoms with van der Waals surface area (Å²) in [6.07, 6.45) is -0.719. The van der Waals surface area contributed by atoms with Gasteiger partial charge in [0.25, 0.3) is 0 Å². The summed E-state index contributed by atoms with van der Waals surface area (Å²) in [6, 6.07) is 17.8. The van der Waals surface area contributed by atoms with Crippen molar-refractivity contribution in [2.24, 2.45) is 0 Å². The van der Waals surface area contributed by atoms with Crippen LogP contribution in [0.15, 0.2) is 54.6 Å². The van der Waals surface area contributed by atoms with E-state index < -0.39 is 6.10 Å². The summed E-state index contributed by atoms with van der Waals surface area (Å²) in [5, 5.41) is 10.8. The van der Waals surface area contributed by atoms with Crippen LogP contribution in [0.3, 0.4) is 0 Å². The summed E-state index contributed by atoms with van der Waals surface area (Å²) in [7, 11) is 0. The Bertz CT molecular complexity index is 890. The van der Waals surface area contributed by atoms with E-state index in [2.05, 4.69) is 9.47 Å². The Morgan fingerprint density at radius 3 is 2.54 bits per heavy atom. The second kappa shape index (κ2) is 8.73. The van der Waals surface area contributed by atoms with Gasteiger partial charge >= 0.3 is 0 Å². The van der Waals surface area contributed by atoms with Gasteiger partial charge in [-0.15, -0.1) is 0 Å². The van der Waals surface area contributed by atoms with Crippen LogP contribution in [0.25, 0.3) is 11.0 Å². The molecule has 2 atom stereocenters. The van der Waals surface area contributed by atoms with Crippen LogP contribution in [0.5, 0.6) is 5.75 Å². The molecule has 0 amide bonds. The predicted molar refractivity (Wildman–Crippen MR) is 108 cm³/mol. The van der Waals surface area contributed by atoms with E-state index in [0.29, 0.717) is 13.1 Å². The maximum absolute atomic E-state index is 10.8. The molecule has 3 aromatic rings. The molecule has 1 aliphatic rings. The molecule has 0 unspecified atom stereocenters. The van der Waals surface area contributed by atoms with Crippen molar-refractivity contribution in [2.45, 2.75) is 25.7 Å². The summed E-state index contributed by atoms with van der Waals surface area (Å²) in [5.74, 6) is 1.63. The maximum atomic E-state index is 10.8. The first-order valence-corrected chi connectivity index (χ1v) is 9.86. The van der Waals surface area contributed by atoms with E-state index in [1.807, 2.05) is 61.5 Å². The molecule has 6 heteroatoms. The zero-order valence-electron chi connectivity index (χ0n) is 16.2. The number of hydrogen-bond donors (Lipinski definition) is 1. The van der Waals surface area contributed by atoms with Crippen LogP contribution in [0.2, 0.25) is 0 Å². The number of hydrogen-bond acceptors (Lipinski definition) is 5. The van der Waals surface area contributed by atoms with E-state index in [9.17, 15) is 5.11 Å². The molecule has 1 fully saturated rings. The molecule has 2 heterocycles. The number of fused-ring (bicyclic) bond motifs is 1. The predicted octanol–water partition coefficient (Wildman–Crippen LogP) is 2.87. The Hall–Kier alpha value is -2.41. The molecule has 0 saturated carbocycles. The van der Waals surface area contributed by atoms with Crippen LogP contribution in [0, 0.1) is 0 Å². The van der Waals surface area contributed by atoms with Crippen LogP contribution < -0.4 is 4.74 Å². The van der Waals surface area contributed by atoms with Crippen LogP contribution in [-0.2, 0) is 11.3 Å². The Morgan fingerprint density at radius 2 is 1.75 bits per heavy atom. The summed E-state index contributed by atoms with van der Waals surface area (Å²) >= 11 is 0. The normalized spacial score (nSPS) is 17.5. The molecular weight excluding hydrogens is 354 g/mol. The number of aliphatic hydroxyl groups excluding tert-OH is 1. The van der Waals surface area contributed by atoms with E-state index in [4.69, 9.17) is 14.5 Å². The molecule has 28 heavy (non-hydrogen) atoms. The first-order chi connectivity index (χ1) is 13.7. The largest absolute Gasteiger partial charge is 0.483 e. The number of rotatable bonds is 7. The van der Waals surface area contributed by atoms with Crippen LogP contribution in [0.4, 0.5) is 0 Å². The zero-order valence-corrected chi connectivity index (χ0v) is 16.2. The molecule has 4 rings (SSSR count). The van der Waals surface area contributed by atoms with Gasteiger partial charge in [-0.25, -0.2) is 4.98 Å². The van der Waals surface area contributed by atoms with E-state index in [-0.39, 0.29) is 6.10 Å². The summed E-state index contributed by atoms with van der Waals surface area (Å²) in [4.78, 5) is 7.05. The van der Waals surface area contributed by atoms with Gasteiger partial charge in [-0.1, -0.05) is 30.3 Å². The Labute approximate surface area is 165 Å². The third kappa shape index (κ3) is 4.35. The minimum atomic E-state index is -0.488. The average Bonchev–Trinajstić information content (AvgIpc) is 3.08. The first kappa shape index (κ1) is 18.9. The number of benzene rings is 2. The van der Waals surface area contributed by atoms with Gasteiger partial charge in [0.05, 0.1) is 36.9 Å². The summed E-state index contributed by atoms with van der Waals surface area (Å²) in [6.45, 7) is 6.30. The fourth-order valence-corrected chi connectivity index (χ4v) is 3.70. The van der Waals surface area contributed by atoms with Crippen molar-refractivity contribution in [3.8, 4) is 5.75 Å². The molecular formula is C22H27N3O3. The maximum Gasteiger partial charge on any atom is 0.153 e. The fraction of sp³-hybridized carbons (Fsp3) is 0.409. The number of ether oxygens (including phenoxy) is 2. The number of β-amino-alcohol motifs (C(OH)–C–C–N with tert-alkyl or cyclic N) is 1. The van der Waals surface area contributed by atoms with Crippen LogP contribution in [0.1, 0.15) is 18.9 Å². The highest BCUT2D eigenvalue weighted by molar-refractivity contribution is 5.76. The molecule has 148 valence electrons. The van der Waals surface area contributed by atoms with Crippen LogP contribution >= 0.6 is 0 Å². The van der Waals surface area contributed by atoms with Crippen molar-refractivity contribution in [1.82, 2.24) is 14.5 Å². The third-order valence-electron chi connectivity index (χ3n) is 5.07. The molecule has 1 N–H and O–H groups in total. The molecule has 1 aliphatic heterocycles. The first-order valence-electron chi connectivity index (χ1n) is 9.86. The SMILES string of the molecule is C[C@H](Oc1ccccc1)c1nc2ccccc2n1C[C@@H](O)CN1CCOCC1. The van der Waals surface area contributed by atoms with Crippen molar-refractivity contribution >= 4 is 11.0 Å². The van der Waals surface area contributed by atoms with Gasteiger partial charge in [-0.2, -0.15) is 0 Å². The average molecular weight is 381 g/mol. The van der Waals surface area contributed by atoms with E-state index in [1.165, 1.54) is 0 Å². The lowest BCUT2D eigenvalue weighted by atomic mass is 10.2. The number of morpholine rings is 1. The van der Waals surface area contributed by atoms with E-state index in [1.54, 1.807) is 0 Å². The Kier molecular flexibility index (Phi) is 5.90. The van der Waals surface area contributed by atoms with Crippen molar-refractivity contribution in [2.75, 3.05) is 32.8 Å². The Balaban J connectivity index is 1.56. The van der Waals surface area contributed by atoms with Crippen LogP contribution in [-0.4, -0.2) is 58.5 Å². The topological polar surface area (TPSA) is 59.8 Å². The van der Waals surface area contributed by atoms with Gasteiger partial charge in [-0.05, 0) is 31.2 Å². The molecule has 6 nitrogen and oxygen atoms in total.